The maximum atomic E-state index is 13.3. The Labute approximate surface area is 182 Å². The van der Waals surface area contributed by atoms with Crippen LogP contribution in [0.1, 0.15) is 49.7 Å². The van der Waals surface area contributed by atoms with Gasteiger partial charge in [0.15, 0.2) is 0 Å². The van der Waals surface area contributed by atoms with Crippen LogP contribution in [0.3, 0.4) is 0 Å². The third-order valence-corrected chi connectivity index (χ3v) is 6.53. The zero-order valence-corrected chi connectivity index (χ0v) is 19.0. The van der Waals surface area contributed by atoms with E-state index in [4.69, 9.17) is 4.74 Å². The number of rotatable bonds is 5. The highest BCUT2D eigenvalue weighted by molar-refractivity contribution is 7.12. The number of nitrogens with one attached hydrogen (secondary N) is 1. The molecule has 1 unspecified atom stereocenters. The summed E-state index contributed by atoms with van der Waals surface area (Å²) in [5.74, 6) is -0.0620. The molecule has 8 heteroatoms. The Bertz CT molecular complexity index is 730. The monoisotopic (exact) mass is 435 g/mol. The lowest BCUT2D eigenvalue weighted by atomic mass is 9.87. The largest absolute Gasteiger partial charge is 0.378 e. The highest BCUT2D eigenvalue weighted by Crippen LogP contribution is 2.26. The van der Waals surface area contributed by atoms with Crippen LogP contribution in [0.2, 0.25) is 0 Å². The van der Waals surface area contributed by atoms with Crippen molar-refractivity contribution in [1.82, 2.24) is 15.1 Å². The molecule has 7 nitrogen and oxygen atoms in total. The van der Waals surface area contributed by atoms with Gasteiger partial charge in [0, 0.05) is 32.6 Å². The molecule has 166 valence electrons. The summed E-state index contributed by atoms with van der Waals surface area (Å²) in [7, 11) is 0. The Hall–Kier alpha value is -1.93. The fourth-order valence-corrected chi connectivity index (χ4v) is 4.66. The van der Waals surface area contributed by atoms with Gasteiger partial charge in [-0.3, -0.25) is 14.4 Å². The molecule has 2 aliphatic rings. The molecule has 3 heterocycles. The molecule has 0 aliphatic carbocycles. The van der Waals surface area contributed by atoms with Crippen molar-refractivity contribution in [2.75, 3.05) is 39.4 Å². The smallest absolute Gasteiger partial charge is 0.262 e. The zero-order valence-electron chi connectivity index (χ0n) is 18.2. The number of likely N-dealkylation sites (tertiary alicyclic amines) is 1. The van der Waals surface area contributed by atoms with Crippen LogP contribution < -0.4 is 5.32 Å². The number of hydrogen-bond acceptors (Lipinski definition) is 5. The standard InChI is InChI=1S/C22H33N3O4S/c1-22(2,3)15-18(26)24-8-6-16(7-9-24)19(21(28)25-10-12-29-13-11-25)23-20(27)17-5-4-14-30-17/h4-5,14,16,19H,6-13,15H2,1-3H3,(H,23,27). The lowest BCUT2D eigenvalue weighted by Crippen LogP contribution is -2.56. The van der Waals surface area contributed by atoms with Crippen molar-refractivity contribution in [1.29, 1.82) is 0 Å². The van der Waals surface area contributed by atoms with Crippen LogP contribution in [0.15, 0.2) is 17.5 Å². The van der Waals surface area contributed by atoms with Crippen molar-refractivity contribution in [3.63, 3.8) is 0 Å². The van der Waals surface area contributed by atoms with Crippen LogP contribution in [0, 0.1) is 11.3 Å². The summed E-state index contributed by atoms with van der Waals surface area (Å²) in [5, 5.41) is 4.86. The fourth-order valence-electron chi connectivity index (χ4n) is 4.03. The first kappa shape index (κ1) is 22.7. The minimum Gasteiger partial charge on any atom is -0.378 e. The molecular weight excluding hydrogens is 402 g/mol. The summed E-state index contributed by atoms with van der Waals surface area (Å²) in [6, 6.07) is 3.03. The Kier molecular flexibility index (Phi) is 7.52. The fraction of sp³-hybridized carbons (Fsp3) is 0.682. The van der Waals surface area contributed by atoms with E-state index in [9.17, 15) is 14.4 Å². The number of carbonyl (C=O) groups is 3. The van der Waals surface area contributed by atoms with Gasteiger partial charge in [0.2, 0.25) is 11.8 Å². The van der Waals surface area contributed by atoms with Crippen molar-refractivity contribution in [3.05, 3.63) is 22.4 Å². The van der Waals surface area contributed by atoms with Crippen molar-refractivity contribution >= 4 is 29.1 Å². The summed E-state index contributed by atoms with van der Waals surface area (Å²) >= 11 is 1.37. The number of morpholine rings is 1. The van der Waals surface area contributed by atoms with E-state index in [0.717, 1.165) is 0 Å². The van der Waals surface area contributed by atoms with Crippen LogP contribution in [0.4, 0.5) is 0 Å². The lowest BCUT2D eigenvalue weighted by Gasteiger charge is -2.39. The highest BCUT2D eigenvalue weighted by atomic mass is 32.1. The molecule has 0 saturated carbocycles. The molecule has 3 amide bonds. The molecular formula is C22H33N3O4S. The quantitative estimate of drug-likeness (QED) is 0.770. The molecule has 1 atom stereocenters. The molecule has 0 bridgehead atoms. The van der Waals surface area contributed by atoms with Gasteiger partial charge in [0.25, 0.3) is 5.91 Å². The topological polar surface area (TPSA) is 79.0 Å². The molecule has 2 fully saturated rings. The average Bonchev–Trinajstić information content (AvgIpc) is 3.26. The molecule has 2 saturated heterocycles. The van der Waals surface area contributed by atoms with E-state index >= 15 is 0 Å². The van der Waals surface area contributed by atoms with Crippen molar-refractivity contribution < 1.29 is 19.1 Å². The molecule has 0 aromatic carbocycles. The summed E-state index contributed by atoms with van der Waals surface area (Å²) < 4.78 is 5.37. The molecule has 30 heavy (non-hydrogen) atoms. The van der Waals surface area contributed by atoms with E-state index in [1.807, 2.05) is 16.3 Å². The molecule has 1 aromatic heterocycles. The Morgan fingerprint density at radius 2 is 1.80 bits per heavy atom. The highest BCUT2D eigenvalue weighted by Gasteiger charge is 2.37. The number of hydrogen-bond donors (Lipinski definition) is 1. The maximum Gasteiger partial charge on any atom is 0.262 e. The van der Waals surface area contributed by atoms with Gasteiger partial charge in [-0.25, -0.2) is 0 Å². The van der Waals surface area contributed by atoms with Gasteiger partial charge in [-0.15, -0.1) is 11.3 Å². The van der Waals surface area contributed by atoms with E-state index in [2.05, 4.69) is 26.1 Å². The molecule has 3 rings (SSSR count). The van der Waals surface area contributed by atoms with E-state index in [1.165, 1.54) is 11.3 Å². The predicted molar refractivity (Wildman–Crippen MR) is 116 cm³/mol. The van der Waals surface area contributed by atoms with E-state index in [0.29, 0.717) is 63.5 Å². The predicted octanol–water partition coefficient (Wildman–Crippen LogP) is 2.38. The van der Waals surface area contributed by atoms with E-state index < -0.39 is 6.04 Å². The summed E-state index contributed by atoms with van der Waals surface area (Å²) in [5.41, 5.74) is -0.0442. The van der Waals surface area contributed by atoms with Crippen molar-refractivity contribution in [2.24, 2.45) is 11.3 Å². The third kappa shape index (κ3) is 6.04. The molecule has 0 spiro atoms. The van der Waals surface area contributed by atoms with Crippen molar-refractivity contribution in [3.8, 4) is 0 Å². The first-order valence-electron chi connectivity index (χ1n) is 10.7. The van der Waals surface area contributed by atoms with E-state index in [1.54, 1.807) is 11.0 Å². The third-order valence-electron chi connectivity index (χ3n) is 5.67. The Morgan fingerprint density at radius 3 is 2.37 bits per heavy atom. The Balaban J connectivity index is 1.66. The summed E-state index contributed by atoms with van der Waals surface area (Å²) in [4.78, 5) is 42.9. The molecule has 1 aromatic rings. The minimum absolute atomic E-state index is 0.0166. The minimum atomic E-state index is -0.572. The number of piperidine rings is 1. The summed E-state index contributed by atoms with van der Waals surface area (Å²) in [6.07, 6.45) is 1.94. The van der Waals surface area contributed by atoms with Crippen LogP contribution in [-0.4, -0.2) is 73.0 Å². The van der Waals surface area contributed by atoms with Gasteiger partial charge >= 0.3 is 0 Å². The number of nitrogens with zero attached hydrogens (tertiary/aromatic N) is 2. The van der Waals surface area contributed by atoms with Crippen LogP contribution in [-0.2, 0) is 14.3 Å². The van der Waals surface area contributed by atoms with Crippen LogP contribution in [0.25, 0.3) is 0 Å². The van der Waals surface area contributed by atoms with Gasteiger partial charge < -0.3 is 19.9 Å². The van der Waals surface area contributed by atoms with Gasteiger partial charge in [-0.1, -0.05) is 26.8 Å². The Morgan fingerprint density at radius 1 is 1.13 bits per heavy atom. The summed E-state index contributed by atoms with van der Waals surface area (Å²) in [6.45, 7) is 9.59. The molecule has 1 N–H and O–H groups in total. The second-order valence-electron chi connectivity index (χ2n) is 9.32. The average molecular weight is 436 g/mol. The van der Waals surface area contributed by atoms with Crippen molar-refractivity contribution in [2.45, 2.75) is 46.1 Å². The zero-order chi connectivity index (χ0) is 21.7. The number of ether oxygens (including phenoxy) is 1. The van der Waals surface area contributed by atoms with Crippen LogP contribution >= 0.6 is 11.3 Å². The van der Waals surface area contributed by atoms with Gasteiger partial charge in [-0.05, 0) is 35.6 Å². The first-order chi connectivity index (χ1) is 14.2. The van der Waals surface area contributed by atoms with Gasteiger partial charge in [-0.2, -0.15) is 0 Å². The van der Waals surface area contributed by atoms with Gasteiger partial charge in [0.1, 0.15) is 6.04 Å². The second-order valence-corrected chi connectivity index (χ2v) is 10.3. The normalized spacial score (nSPS) is 19.4. The number of carbonyl (C=O) groups excluding carboxylic acids is 3. The maximum absolute atomic E-state index is 13.3. The van der Waals surface area contributed by atoms with Gasteiger partial charge in [0.05, 0.1) is 18.1 Å². The molecule has 0 radical (unpaired) electrons. The van der Waals surface area contributed by atoms with Crippen LogP contribution in [0.5, 0.6) is 0 Å². The van der Waals surface area contributed by atoms with E-state index in [-0.39, 0.29) is 29.1 Å². The SMILES string of the molecule is CC(C)(C)CC(=O)N1CCC(C(NC(=O)c2cccs2)C(=O)N2CCOCC2)CC1. The second kappa shape index (κ2) is 9.92. The first-order valence-corrected chi connectivity index (χ1v) is 11.6. The number of thiophene rings is 1. The molecule has 2 aliphatic heterocycles. The lowest BCUT2D eigenvalue weighted by molar-refractivity contribution is -0.140. The number of amides is 3.